The molecule has 0 bridgehead atoms. The molecule has 0 atom stereocenters. The summed E-state index contributed by atoms with van der Waals surface area (Å²) < 4.78 is 19.0. The van der Waals surface area contributed by atoms with Gasteiger partial charge in [0.15, 0.2) is 0 Å². The summed E-state index contributed by atoms with van der Waals surface area (Å²) in [5.74, 6) is -0.115. The van der Waals surface area contributed by atoms with Gasteiger partial charge in [-0.3, -0.25) is 0 Å². The van der Waals surface area contributed by atoms with Crippen molar-refractivity contribution in [1.29, 1.82) is 0 Å². The molecule has 0 saturated carbocycles. The fourth-order valence-corrected chi connectivity index (χ4v) is 1.83. The maximum absolute atomic E-state index is 13.7. The van der Waals surface area contributed by atoms with Crippen molar-refractivity contribution in [1.82, 2.24) is 0 Å². The molecule has 0 aromatic heterocycles. The van der Waals surface area contributed by atoms with E-state index in [4.69, 9.17) is 4.74 Å². The molecular formula is C12H16FNO. The molecule has 1 heterocycles. The highest BCUT2D eigenvalue weighted by Gasteiger charge is 2.14. The van der Waals surface area contributed by atoms with Crippen molar-refractivity contribution in [2.45, 2.75) is 13.3 Å². The first-order valence-corrected chi connectivity index (χ1v) is 5.42. The number of halogens is 1. The van der Waals surface area contributed by atoms with Crippen LogP contribution in [0.15, 0.2) is 18.2 Å². The van der Waals surface area contributed by atoms with Crippen LogP contribution in [-0.2, 0) is 11.2 Å². The molecule has 1 aliphatic rings. The summed E-state index contributed by atoms with van der Waals surface area (Å²) in [6, 6.07) is 5.50. The van der Waals surface area contributed by atoms with E-state index in [0.717, 1.165) is 25.1 Å². The number of hydrogen-bond donors (Lipinski definition) is 0. The lowest BCUT2D eigenvalue weighted by Crippen LogP contribution is -2.36. The van der Waals surface area contributed by atoms with Crippen molar-refractivity contribution >= 4 is 5.69 Å². The van der Waals surface area contributed by atoms with E-state index >= 15 is 0 Å². The van der Waals surface area contributed by atoms with E-state index in [-0.39, 0.29) is 5.82 Å². The van der Waals surface area contributed by atoms with Crippen molar-refractivity contribution in [3.05, 3.63) is 29.6 Å². The third kappa shape index (κ3) is 2.29. The minimum absolute atomic E-state index is 0.115. The van der Waals surface area contributed by atoms with Crippen molar-refractivity contribution in [3.8, 4) is 0 Å². The van der Waals surface area contributed by atoms with Crippen LogP contribution in [0, 0.1) is 5.82 Å². The zero-order valence-electron chi connectivity index (χ0n) is 9.00. The molecule has 1 aromatic carbocycles. The van der Waals surface area contributed by atoms with Gasteiger partial charge < -0.3 is 9.64 Å². The molecule has 2 rings (SSSR count). The van der Waals surface area contributed by atoms with Crippen LogP contribution >= 0.6 is 0 Å². The summed E-state index contributed by atoms with van der Waals surface area (Å²) in [6.07, 6.45) is 0.875. The van der Waals surface area contributed by atoms with E-state index in [1.165, 1.54) is 0 Å². The number of nitrogens with zero attached hydrogens (tertiary/aromatic N) is 1. The van der Waals surface area contributed by atoms with Gasteiger partial charge in [-0.1, -0.05) is 13.0 Å². The fourth-order valence-electron chi connectivity index (χ4n) is 1.83. The van der Waals surface area contributed by atoms with Gasteiger partial charge in [0.25, 0.3) is 0 Å². The number of rotatable bonds is 2. The molecule has 15 heavy (non-hydrogen) atoms. The van der Waals surface area contributed by atoms with Crippen LogP contribution in [0.4, 0.5) is 10.1 Å². The number of benzene rings is 1. The monoisotopic (exact) mass is 209 g/mol. The van der Waals surface area contributed by atoms with Gasteiger partial charge in [0, 0.05) is 13.1 Å². The van der Waals surface area contributed by atoms with Gasteiger partial charge in [0.05, 0.1) is 18.9 Å². The van der Waals surface area contributed by atoms with E-state index in [1.54, 1.807) is 6.07 Å². The van der Waals surface area contributed by atoms with E-state index in [1.807, 2.05) is 24.0 Å². The summed E-state index contributed by atoms with van der Waals surface area (Å²) in [5, 5.41) is 0. The van der Waals surface area contributed by atoms with Crippen LogP contribution in [0.1, 0.15) is 12.5 Å². The molecule has 3 heteroatoms. The summed E-state index contributed by atoms with van der Waals surface area (Å²) in [4.78, 5) is 2.04. The Morgan fingerprint density at radius 3 is 2.67 bits per heavy atom. The third-order valence-corrected chi connectivity index (χ3v) is 2.77. The van der Waals surface area contributed by atoms with E-state index in [9.17, 15) is 4.39 Å². The van der Waals surface area contributed by atoms with Gasteiger partial charge >= 0.3 is 0 Å². The smallest absolute Gasteiger partial charge is 0.146 e. The maximum atomic E-state index is 13.7. The Balaban J connectivity index is 2.19. The Hall–Kier alpha value is -1.09. The minimum atomic E-state index is -0.115. The first kappa shape index (κ1) is 10.4. The Kier molecular flexibility index (Phi) is 3.21. The van der Waals surface area contributed by atoms with Gasteiger partial charge in [-0.2, -0.15) is 0 Å². The lowest BCUT2D eigenvalue weighted by atomic mass is 10.1. The second-order valence-electron chi connectivity index (χ2n) is 3.74. The van der Waals surface area contributed by atoms with Crippen molar-refractivity contribution in [3.63, 3.8) is 0 Å². The minimum Gasteiger partial charge on any atom is -0.378 e. The molecular weight excluding hydrogens is 193 g/mol. The summed E-state index contributed by atoms with van der Waals surface area (Å²) in [6.45, 7) is 4.97. The topological polar surface area (TPSA) is 12.5 Å². The molecule has 0 radical (unpaired) electrons. The number of aryl methyl sites for hydroxylation is 1. The summed E-state index contributed by atoms with van der Waals surface area (Å²) in [7, 11) is 0. The van der Waals surface area contributed by atoms with Gasteiger partial charge in [0.2, 0.25) is 0 Å². The van der Waals surface area contributed by atoms with Crippen LogP contribution in [0.5, 0.6) is 0 Å². The maximum Gasteiger partial charge on any atom is 0.146 e. The quantitative estimate of drug-likeness (QED) is 0.740. The highest BCUT2D eigenvalue weighted by atomic mass is 19.1. The normalized spacial score (nSPS) is 16.8. The lowest BCUT2D eigenvalue weighted by Gasteiger charge is -2.29. The van der Waals surface area contributed by atoms with Gasteiger partial charge in [-0.15, -0.1) is 0 Å². The molecule has 0 N–H and O–H groups in total. The largest absolute Gasteiger partial charge is 0.378 e. The molecule has 1 aliphatic heterocycles. The fraction of sp³-hybridized carbons (Fsp3) is 0.500. The predicted octanol–water partition coefficient (Wildman–Crippen LogP) is 2.22. The van der Waals surface area contributed by atoms with Crippen molar-refractivity contribution in [2.75, 3.05) is 31.2 Å². The first-order chi connectivity index (χ1) is 7.31. The standard InChI is InChI=1S/C12H16FNO/c1-2-10-3-4-12(11(13)9-10)14-5-7-15-8-6-14/h3-4,9H,2,5-8H2,1H3. The van der Waals surface area contributed by atoms with Crippen LogP contribution in [0.25, 0.3) is 0 Å². The SMILES string of the molecule is CCc1ccc(N2CCOCC2)c(F)c1. The number of ether oxygens (including phenoxy) is 1. The second-order valence-corrected chi connectivity index (χ2v) is 3.74. The van der Waals surface area contributed by atoms with Crippen LogP contribution in [-0.4, -0.2) is 26.3 Å². The van der Waals surface area contributed by atoms with Gasteiger partial charge in [-0.05, 0) is 24.1 Å². The number of anilines is 1. The number of hydrogen-bond acceptors (Lipinski definition) is 2. The van der Waals surface area contributed by atoms with Gasteiger partial charge in [-0.25, -0.2) is 4.39 Å². The molecule has 1 saturated heterocycles. The Morgan fingerprint density at radius 1 is 1.33 bits per heavy atom. The average Bonchev–Trinajstić information content (AvgIpc) is 2.30. The van der Waals surface area contributed by atoms with Crippen molar-refractivity contribution < 1.29 is 9.13 Å². The Bertz CT molecular complexity index is 334. The summed E-state index contributed by atoms with van der Waals surface area (Å²) in [5.41, 5.74) is 1.75. The van der Waals surface area contributed by atoms with Gasteiger partial charge in [0.1, 0.15) is 5.82 Å². The highest BCUT2D eigenvalue weighted by molar-refractivity contribution is 5.49. The molecule has 0 amide bonds. The van der Waals surface area contributed by atoms with E-state index in [2.05, 4.69) is 0 Å². The zero-order valence-corrected chi connectivity index (χ0v) is 9.00. The number of morpholine rings is 1. The predicted molar refractivity (Wildman–Crippen MR) is 58.8 cm³/mol. The molecule has 0 spiro atoms. The molecule has 2 nitrogen and oxygen atoms in total. The first-order valence-electron chi connectivity index (χ1n) is 5.42. The van der Waals surface area contributed by atoms with Crippen molar-refractivity contribution in [2.24, 2.45) is 0 Å². The molecule has 1 aromatic rings. The molecule has 1 fully saturated rings. The molecule has 0 aliphatic carbocycles. The van der Waals surface area contributed by atoms with Crippen LogP contribution in [0.3, 0.4) is 0 Å². The summed E-state index contributed by atoms with van der Waals surface area (Å²) >= 11 is 0. The van der Waals surface area contributed by atoms with Crippen LogP contribution in [0.2, 0.25) is 0 Å². The Morgan fingerprint density at radius 2 is 2.07 bits per heavy atom. The molecule has 82 valence electrons. The molecule has 0 unspecified atom stereocenters. The van der Waals surface area contributed by atoms with E-state index in [0.29, 0.717) is 18.9 Å². The Labute approximate surface area is 89.7 Å². The average molecular weight is 209 g/mol. The van der Waals surface area contributed by atoms with Crippen LogP contribution < -0.4 is 4.90 Å². The second kappa shape index (κ2) is 4.62. The van der Waals surface area contributed by atoms with E-state index < -0.39 is 0 Å². The zero-order chi connectivity index (χ0) is 10.7. The highest BCUT2D eigenvalue weighted by Crippen LogP contribution is 2.21. The lowest BCUT2D eigenvalue weighted by molar-refractivity contribution is 0.122. The third-order valence-electron chi connectivity index (χ3n) is 2.77.